The zero-order chi connectivity index (χ0) is 45.8. The van der Waals surface area contributed by atoms with Crippen molar-refractivity contribution in [2.45, 2.75) is 341 Å². The number of nitrogens with one attached hydrogen (secondary N) is 1. The highest BCUT2D eigenvalue weighted by Gasteiger charge is 2.20. The van der Waals surface area contributed by atoms with Crippen molar-refractivity contribution < 1.29 is 24.5 Å². The first-order valence-electron chi connectivity index (χ1n) is 28.8. The number of carbonyl (C=O) groups is 2. The number of aliphatic hydroxyl groups excluding tert-OH is 2. The third kappa shape index (κ3) is 50.1. The summed E-state index contributed by atoms with van der Waals surface area (Å²) < 4.78 is 5.46. The second kappa shape index (κ2) is 53.5. The molecule has 0 aromatic heterocycles. The molecule has 6 heteroatoms. The van der Waals surface area contributed by atoms with Crippen molar-refractivity contribution in [3.63, 3.8) is 0 Å². The molecule has 0 aliphatic rings. The molecule has 0 aliphatic carbocycles. The maximum atomic E-state index is 12.5. The normalized spacial score (nSPS) is 12.5. The van der Waals surface area contributed by atoms with Crippen LogP contribution in [0.15, 0.2) is 0 Å². The van der Waals surface area contributed by atoms with E-state index in [2.05, 4.69) is 19.2 Å². The summed E-state index contributed by atoms with van der Waals surface area (Å²) in [7, 11) is 0. The Kier molecular flexibility index (Phi) is 52.5. The van der Waals surface area contributed by atoms with Gasteiger partial charge in [0.2, 0.25) is 5.91 Å². The number of carbonyl (C=O) groups excluding carboxylic acids is 2. The van der Waals surface area contributed by atoms with Crippen LogP contribution >= 0.6 is 0 Å². The highest BCUT2D eigenvalue weighted by Crippen LogP contribution is 2.18. The fourth-order valence-electron chi connectivity index (χ4n) is 9.23. The molecule has 0 heterocycles. The number of aliphatic hydroxyl groups is 2. The Hall–Kier alpha value is -1.14. The first-order chi connectivity index (χ1) is 31.0. The van der Waals surface area contributed by atoms with Crippen molar-refractivity contribution in [1.29, 1.82) is 0 Å². The number of hydrogen-bond acceptors (Lipinski definition) is 5. The maximum absolute atomic E-state index is 12.5. The van der Waals surface area contributed by atoms with Crippen molar-refractivity contribution in [3.8, 4) is 0 Å². The highest BCUT2D eigenvalue weighted by molar-refractivity contribution is 5.76. The lowest BCUT2D eigenvalue weighted by atomic mass is 10.0. The second-order valence-electron chi connectivity index (χ2n) is 20.0. The van der Waals surface area contributed by atoms with Crippen molar-refractivity contribution in [3.05, 3.63) is 0 Å². The third-order valence-corrected chi connectivity index (χ3v) is 13.7. The minimum Gasteiger partial charge on any atom is -0.466 e. The highest BCUT2D eigenvalue weighted by atomic mass is 16.5. The largest absolute Gasteiger partial charge is 0.466 e. The molecule has 0 bridgehead atoms. The van der Waals surface area contributed by atoms with E-state index < -0.39 is 12.1 Å². The van der Waals surface area contributed by atoms with Crippen LogP contribution in [0.2, 0.25) is 0 Å². The van der Waals surface area contributed by atoms with Crippen LogP contribution in [0, 0.1) is 0 Å². The molecule has 0 spiro atoms. The van der Waals surface area contributed by atoms with Gasteiger partial charge in [0, 0.05) is 12.8 Å². The molecular weight excluding hydrogens is 779 g/mol. The van der Waals surface area contributed by atoms with Crippen LogP contribution in [0.3, 0.4) is 0 Å². The number of amides is 1. The topological polar surface area (TPSA) is 95.9 Å². The monoisotopic (exact) mass is 892 g/mol. The van der Waals surface area contributed by atoms with Crippen molar-refractivity contribution in [2.24, 2.45) is 0 Å². The van der Waals surface area contributed by atoms with E-state index in [1.165, 1.54) is 257 Å². The van der Waals surface area contributed by atoms with Gasteiger partial charge in [0.1, 0.15) is 0 Å². The molecule has 63 heavy (non-hydrogen) atoms. The number of esters is 1. The van der Waals surface area contributed by atoms with E-state index in [0.29, 0.717) is 25.9 Å². The minimum absolute atomic E-state index is 0.0136. The fourth-order valence-corrected chi connectivity index (χ4v) is 9.23. The number of rotatable bonds is 54. The van der Waals surface area contributed by atoms with Crippen molar-refractivity contribution in [2.75, 3.05) is 13.2 Å². The molecule has 0 aliphatic heterocycles. The van der Waals surface area contributed by atoms with Gasteiger partial charge in [-0.1, -0.05) is 290 Å². The van der Waals surface area contributed by atoms with Gasteiger partial charge in [0.25, 0.3) is 0 Å². The minimum atomic E-state index is -0.662. The van der Waals surface area contributed by atoms with E-state index in [-0.39, 0.29) is 18.5 Å². The summed E-state index contributed by atoms with van der Waals surface area (Å²) in [5.41, 5.74) is 0. The molecule has 0 radical (unpaired) electrons. The summed E-state index contributed by atoms with van der Waals surface area (Å²) in [5, 5.41) is 23.2. The average molecular weight is 893 g/mol. The van der Waals surface area contributed by atoms with Crippen LogP contribution in [-0.4, -0.2) is 47.4 Å². The summed E-state index contributed by atoms with van der Waals surface area (Å²) in [6.07, 6.45) is 61.0. The number of hydrogen-bond donors (Lipinski definition) is 3. The van der Waals surface area contributed by atoms with Crippen LogP contribution in [0.25, 0.3) is 0 Å². The predicted octanol–water partition coefficient (Wildman–Crippen LogP) is 17.5. The first-order valence-corrected chi connectivity index (χ1v) is 28.8. The van der Waals surface area contributed by atoms with E-state index in [1.54, 1.807) is 0 Å². The molecule has 0 saturated heterocycles. The van der Waals surface area contributed by atoms with E-state index in [4.69, 9.17) is 4.74 Å². The van der Waals surface area contributed by atoms with Gasteiger partial charge in [0.05, 0.1) is 25.4 Å². The summed E-state index contributed by atoms with van der Waals surface area (Å²) in [5.74, 6) is -0.0197. The van der Waals surface area contributed by atoms with E-state index >= 15 is 0 Å². The second-order valence-corrected chi connectivity index (χ2v) is 20.0. The van der Waals surface area contributed by atoms with Gasteiger partial charge in [0.15, 0.2) is 0 Å². The Morgan fingerprint density at radius 1 is 0.381 bits per heavy atom. The van der Waals surface area contributed by atoms with E-state index in [1.807, 2.05) is 0 Å². The number of unbranched alkanes of at least 4 members (excludes halogenated alkanes) is 43. The zero-order valence-corrected chi connectivity index (χ0v) is 42.8. The Labute approximate surface area is 394 Å². The van der Waals surface area contributed by atoms with E-state index in [0.717, 1.165) is 38.5 Å². The van der Waals surface area contributed by atoms with Gasteiger partial charge in [-0.25, -0.2) is 0 Å². The van der Waals surface area contributed by atoms with E-state index in [9.17, 15) is 19.8 Å². The standard InChI is InChI=1S/C57H113NO5/c1-3-5-7-9-11-13-15-26-30-33-37-41-45-49-55(60)54(53-59)58-56(61)50-46-42-38-34-31-27-24-22-20-18-16-17-19-21-23-25-28-32-36-40-44-48-52-63-57(62)51-47-43-39-35-29-14-12-10-8-6-4-2/h54-55,59-60H,3-53H2,1-2H3,(H,58,61). The molecule has 0 saturated carbocycles. The summed E-state index contributed by atoms with van der Waals surface area (Å²) in [4.78, 5) is 24.4. The van der Waals surface area contributed by atoms with Gasteiger partial charge in [-0.15, -0.1) is 0 Å². The molecule has 3 N–H and O–H groups in total. The zero-order valence-electron chi connectivity index (χ0n) is 42.8. The Morgan fingerprint density at radius 3 is 0.968 bits per heavy atom. The summed E-state index contributed by atoms with van der Waals surface area (Å²) >= 11 is 0. The Balaban J connectivity index is 3.36. The summed E-state index contributed by atoms with van der Waals surface area (Å²) in [6, 6.07) is -0.539. The van der Waals surface area contributed by atoms with Crippen molar-refractivity contribution in [1.82, 2.24) is 5.32 Å². The first kappa shape index (κ1) is 61.9. The molecule has 0 aromatic carbocycles. The van der Waals surface area contributed by atoms with Gasteiger partial charge in [-0.2, -0.15) is 0 Å². The van der Waals surface area contributed by atoms with Gasteiger partial charge < -0.3 is 20.3 Å². The quantitative estimate of drug-likeness (QED) is 0.0418. The molecule has 376 valence electrons. The fraction of sp³-hybridized carbons (Fsp3) is 0.965. The third-order valence-electron chi connectivity index (χ3n) is 13.7. The lowest BCUT2D eigenvalue weighted by Crippen LogP contribution is -2.45. The molecule has 6 nitrogen and oxygen atoms in total. The number of ether oxygens (including phenoxy) is 1. The van der Waals surface area contributed by atoms with Crippen LogP contribution in [0.1, 0.15) is 328 Å². The molecular formula is C57H113NO5. The average Bonchev–Trinajstić information content (AvgIpc) is 3.28. The van der Waals surface area contributed by atoms with Gasteiger partial charge >= 0.3 is 5.97 Å². The predicted molar refractivity (Wildman–Crippen MR) is 274 cm³/mol. The molecule has 0 fully saturated rings. The van der Waals surface area contributed by atoms with Crippen LogP contribution in [-0.2, 0) is 14.3 Å². The van der Waals surface area contributed by atoms with Crippen molar-refractivity contribution >= 4 is 11.9 Å². The molecule has 0 rings (SSSR count). The lowest BCUT2D eigenvalue weighted by Gasteiger charge is -2.22. The Morgan fingerprint density at radius 2 is 0.651 bits per heavy atom. The maximum Gasteiger partial charge on any atom is 0.305 e. The summed E-state index contributed by atoms with van der Waals surface area (Å²) in [6.45, 7) is 4.96. The Bertz CT molecular complexity index is 898. The SMILES string of the molecule is CCCCCCCCCCCCCCCC(O)C(CO)NC(=O)CCCCCCCCCCCCCCCCCCCCCCCCOC(=O)CCCCCCCCCCCCC. The molecule has 1 amide bonds. The van der Waals surface area contributed by atoms with Crippen LogP contribution in [0.5, 0.6) is 0 Å². The molecule has 0 aromatic rings. The van der Waals surface area contributed by atoms with Gasteiger partial charge in [-0.3, -0.25) is 9.59 Å². The smallest absolute Gasteiger partial charge is 0.305 e. The lowest BCUT2D eigenvalue weighted by molar-refractivity contribution is -0.143. The molecule has 2 atom stereocenters. The molecule has 2 unspecified atom stereocenters. The van der Waals surface area contributed by atoms with Crippen LogP contribution in [0.4, 0.5) is 0 Å². The van der Waals surface area contributed by atoms with Crippen LogP contribution < -0.4 is 5.32 Å². The van der Waals surface area contributed by atoms with Gasteiger partial charge in [-0.05, 0) is 25.7 Å².